The molecule has 256 valence electrons. The average Bonchev–Trinajstić information content (AvgIpc) is 3.06. The van der Waals surface area contributed by atoms with Gasteiger partial charge in [0.2, 0.25) is 5.91 Å². The molecule has 0 aromatic heterocycles. The number of para-hydroxylation sites is 2. The van der Waals surface area contributed by atoms with E-state index in [2.05, 4.69) is 17.3 Å². The number of amides is 3. The Labute approximate surface area is 291 Å². The number of carbonyl (C=O) groups is 3. The molecule has 3 amide bonds. The summed E-state index contributed by atoms with van der Waals surface area (Å²) in [5, 5.41) is 2.96. The summed E-state index contributed by atoms with van der Waals surface area (Å²) in [5.41, 5.74) is 9.05. The highest BCUT2D eigenvalue weighted by Crippen LogP contribution is 2.29. The molecule has 1 aliphatic heterocycles. The van der Waals surface area contributed by atoms with Crippen molar-refractivity contribution in [1.82, 2.24) is 9.80 Å². The van der Waals surface area contributed by atoms with Crippen molar-refractivity contribution < 1.29 is 19.1 Å². The van der Waals surface area contributed by atoms with Crippen molar-refractivity contribution in [2.45, 2.75) is 44.9 Å². The minimum Gasteiger partial charge on any atom is -0.491 e. The molecule has 0 spiro atoms. The molecule has 0 bridgehead atoms. The van der Waals surface area contributed by atoms with E-state index in [4.69, 9.17) is 10.5 Å². The van der Waals surface area contributed by atoms with E-state index in [1.807, 2.05) is 53.4 Å². The molecular weight excluding hydrogens is 637 g/mol. The summed E-state index contributed by atoms with van der Waals surface area (Å²) in [6.45, 7) is 4.64. The Morgan fingerprint density at radius 3 is 2.23 bits per heavy atom. The lowest BCUT2D eigenvalue weighted by molar-refractivity contribution is -0.132. The summed E-state index contributed by atoms with van der Waals surface area (Å²) in [7, 11) is 3.81. The molecule has 11 heteroatoms. The number of likely N-dealkylation sites (N-methyl/N-ethyl adjacent to an activating group) is 1. The zero-order valence-corrected chi connectivity index (χ0v) is 29.1. The quantitative estimate of drug-likeness (QED) is 0.189. The normalized spacial score (nSPS) is 12.8. The Morgan fingerprint density at radius 2 is 1.51 bits per heavy atom. The van der Waals surface area contributed by atoms with Gasteiger partial charge < -0.3 is 30.5 Å². The number of nitrogens with one attached hydrogen (secondary N) is 1. The van der Waals surface area contributed by atoms with Crippen LogP contribution in [0.2, 0.25) is 0 Å². The summed E-state index contributed by atoms with van der Waals surface area (Å²) >= 11 is 0. The van der Waals surface area contributed by atoms with Gasteiger partial charge in [-0.05, 0) is 100 Å². The van der Waals surface area contributed by atoms with E-state index in [-0.39, 0.29) is 42.5 Å². The maximum atomic E-state index is 13.4. The van der Waals surface area contributed by atoms with E-state index in [1.54, 1.807) is 36.2 Å². The lowest BCUT2D eigenvalue weighted by Crippen LogP contribution is -2.47. The van der Waals surface area contributed by atoms with E-state index in [1.165, 1.54) is 0 Å². The predicted octanol–water partition coefficient (Wildman–Crippen LogP) is 6.05. The molecule has 1 heterocycles. The standard InChI is InChI=1S/C36H47N5O4.2ClH/c1-39-23-25-41(26-24-39)34(42)17-4-3-11-27-45-33-16-8-7-15-32(33)40(2)36(44)29-18-20-30(21-19-29)38-35(43)31-14-6-5-12-28(31)13-9-10-22-37;;/h5-8,12,14-16,18-21H,3-4,9-11,13,17,22-27,37H2,1-2H3,(H,38,43);2*1H. The molecule has 1 aliphatic rings. The summed E-state index contributed by atoms with van der Waals surface area (Å²) in [6, 6.07) is 22.0. The number of rotatable bonds is 15. The number of unbranched alkanes of at least 4 members (excludes halogenated alkanes) is 3. The second-order valence-corrected chi connectivity index (χ2v) is 11.6. The monoisotopic (exact) mass is 685 g/mol. The molecule has 3 N–H and O–H groups in total. The molecule has 0 atom stereocenters. The van der Waals surface area contributed by atoms with Crippen molar-refractivity contribution in [2.24, 2.45) is 5.73 Å². The van der Waals surface area contributed by atoms with Gasteiger partial charge in [0.1, 0.15) is 5.75 Å². The van der Waals surface area contributed by atoms with Gasteiger partial charge in [0.25, 0.3) is 11.8 Å². The van der Waals surface area contributed by atoms with Gasteiger partial charge in [-0.15, -0.1) is 24.8 Å². The number of ether oxygens (including phenoxy) is 1. The van der Waals surface area contributed by atoms with Crippen LogP contribution in [0.4, 0.5) is 11.4 Å². The summed E-state index contributed by atoms with van der Waals surface area (Å²) in [6.07, 6.45) is 5.78. The number of anilines is 2. The molecule has 1 fully saturated rings. The van der Waals surface area contributed by atoms with Crippen LogP contribution in [0.5, 0.6) is 5.75 Å². The molecule has 3 aromatic carbocycles. The summed E-state index contributed by atoms with van der Waals surface area (Å²) in [5.74, 6) is 0.513. The number of hydrogen-bond acceptors (Lipinski definition) is 6. The fourth-order valence-electron chi connectivity index (χ4n) is 5.42. The zero-order chi connectivity index (χ0) is 32.0. The van der Waals surface area contributed by atoms with Crippen LogP contribution >= 0.6 is 24.8 Å². The Balaban J connectivity index is 0.00000384. The SMILES string of the molecule is CN1CCN(C(=O)CCCCCOc2ccccc2N(C)C(=O)c2ccc(NC(=O)c3ccccc3CCCCN)cc2)CC1.Cl.Cl. The van der Waals surface area contributed by atoms with Crippen LogP contribution in [0.3, 0.4) is 0 Å². The third-order valence-electron chi connectivity index (χ3n) is 8.23. The van der Waals surface area contributed by atoms with Crippen molar-refractivity contribution in [1.29, 1.82) is 0 Å². The second kappa shape index (κ2) is 20.6. The molecule has 3 aromatic rings. The molecule has 1 saturated heterocycles. The first-order valence-electron chi connectivity index (χ1n) is 16.0. The minimum absolute atomic E-state index is 0. The molecule has 0 radical (unpaired) electrons. The first kappa shape index (κ1) is 39.5. The first-order valence-corrected chi connectivity index (χ1v) is 16.0. The third kappa shape index (κ3) is 11.8. The van der Waals surface area contributed by atoms with Crippen LogP contribution in [-0.2, 0) is 11.2 Å². The largest absolute Gasteiger partial charge is 0.491 e. The number of hydrogen-bond donors (Lipinski definition) is 2. The highest BCUT2D eigenvalue weighted by molar-refractivity contribution is 6.08. The van der Waals surface area contributed by atoms with Crippen molar-refractivity contribution in [3.8, 4) is 5.75 Å². The molecular formula is C36H49Cl2N5O4. The molecule has 0 unspecified atom stereocenters. The molecule has 4 rings (SSSR count). The van der Waals surface area contributed by atoms with Crippen LogP contribution in [0.25, 0.3) is 0 Å². The van der Waals surface area contributed by atoms with Gasteiger partial charge >= 0.3 is 0 Å². The van der Waals surface area contributed by atoms with Gasteiger partial charge in [0.15, 0.2) is 0 Å². The van der Waals surface area contributed by atoms with Crippen LogP contribution in [0.1, 0.15) is 64.8 Å². The van der Waals surface area contributed by atoms with Crippen molar-refractivity contribution in [2.75, 3.05) is 63.6 Å². The number of nitrogens with two attached hydrogens (primary N) is 1. The molecule has 9 nitrogen and oxygen atoms in total. The second-order valence-electron chi connectivity index (χ2n) is 11.6. The Bertz CT molecular complexity index is 1410. The number of halogens is 2. The van der Waals surface area contributed by atoms with E-state index in [9.17, 15) is 14.4 Å². The topological polar surface area (TPSA) is 108 Å². The van der Waals surface area contributed by atoms with E-state index in [0.29, 0.717) is 47.8 Å². The zero-order valence-electron chi connectivity index (χ0n) is 27.5. The smallest absolute Gasteiger partial charge is 0.258 e. The number of benzene rings is 3. The predicted molar refractivity (Wildman–Crippen MR) is 195 cm³/mol. The fourth-order valence-corrected chi connectivity index (χ4v) is 5.42. The van der Waals surface area contributed by atoms with Crippen LogP contribution in [-0.4, -0.2) is 80.9 Å². The Morgan fingerprint density at radius 1 is 0.830 bits per heavy atom. The van der Waals surface area contributed by atoms with E-state index in [0.717, 1.165) is 70.3 Å². The average molecular weight is 687 g/mol. The van der Waals surface area contributed by atoms with Crippen LogP contribution < -0.4 is 20.7 Å². The van der Waals surface area contributed by atoms with Crippen LogP contribution in [0.15, 0.2) is 72.8 Å². The lowest BCUT2D eigenvalue weighted by atomic mass is 10.0. The highest BCUT2D eigenvalue weighted by atomic mass is 35.5. The van der Waals surface area contributed by atoms with E-state index >= 15 is 0 Å². The van der Waals surface area contributed by atoms with Crippen molar-refractivity contribution >= 4 is 53.9 Å². The third-order valence-corrected chi connectivity index (χ3v) is 8.23. The van der Waals surface area contributed by atoms with E-state index < -0.39 is 0 Å². The maximum Gasteiger partial charge on any atom is 0.258 e. The van der Waals surface area contributed by atoms with Gasteiger partial charge in [-0.2, -0.15) is 0 Å². The molecule has 47 heavy (non-hydrogen) atoms. The fraction of sp³-hybridized carbons (Fsp3) is 0.417. The van der Waals surface area contributed by atoms with Gasteiger partial charge in [-0.3, -0.25) is 14.4 Å². The summed E-state index contributed by atoms with van der Waals surface area (Å²) in [4.78, 5) is 44.7. The molecule has 0 saturated carbocycles. The minimum atomic E-state index is -0.184. The van der Waals surface area contributed by atoms with Crippen LogP contribution in [0, 0.1) is 0 Å². The van der Waals surface area contributed by atoms with Gasteiger partial charge in [-0.25, -0.2) is 0 Å². The summed E-state index contributed by atoms with van der Waals surface area (Å²) < 4.78 is 6.08. The van der Waals surface area contributed by atoms with Gasteiger partial charge in [0.05, 0.1) is 12.3 Å². The van der Waals surface area contributed by atoms with Gasteiger partial charge in [0, 0.05) is 56.5 Å². The Kier molecular flexibility index (Phi) is 17.3. The number of piperazine rings is 1. The number of aryl methyl sites for hydroxylation is 1. The van der Waals surface area contributed by atoms with Crippen molar-refractivity contribution in [3.05, 3.63) is 89.5 Å². The molecule has 0 aliphatic carbocycles. The van der Waals surface area contributed by atoms with Gasteiger partial charge in [-0.1, -0.05) is 30.3 Å². The highest BCUT2D eigenvalue weighted by Gasteiger charge is 2.19. The Hall–Kier alpha value is -3.63. The van der Waals surface area contributed by atoms with Crippen molar-refractivity contribution in [3.63, 3.8) is 0 Å². The number of nitrogens with zero attached hydrogens (tertiary/aromatic N) is 3. The maximum absolute atomic E-state index is 13.4. The lowest BCUT2D eigenvalue weighted by Gasteiger charge is -2.32. The first-order chi connectivity index (χ1) is 21.9. The number of carbonyl (C=O) groups excluding carboxylic acids is 3.